The Morgan fingerprint density at radius 1 is 1.12 bits per heavy atom. The number of hydrogen-bond acceptors (Lipinski definition) is 3. The molecular formula is C21H19NO2. The van der Waals surface area contributed by atoms with Gasteiger partial charge in [-0.25, -0.2) is 0 Å². The van der Waals surface area contributed by atoms with Gasteiger partial charge in [0.25, 0.3) is 0 Å². The molecule has 3 atom stereocenters. The lowest BCUT2D eigenvalue weighted by atomic mass is 9.79. The van der Waals surface area contributed by atoms with E-state index in [9.17, 15) is 0 Å². The number of benzene rings is 2. The first-order valence-corrected chi connectivity index (χ1v) is 8.68. The summed E-state index contributed by atoms with van der Waals surface area (Å²) in [6.45, 7) is 4.64. The van der Waals surface area contributed by atoms with Crippen molar-refractivity contribution in [1.29, 1.82) is 0 Å². The fourth-order valence-corrected chi connectivity index (χ4v) is 5.04. The molecule has 0 amide bonds. The highest BCUT2D eigenvalue weighted by atomic mass is 16.5. The van der Waals surface area contributed by atoms with Gasteiger partial charge in [0.05, 0.1) is 12.1 Å². The summed E-state index contributed by atoms with van der Waals surface area (Å²) < 4.78 is 11.9. The van der Waals surface area contributed by atoms with Crippen LogP contribution in [0.3, 0.4) is 0 Å². The van der Waals surface area contributed by atoms with Crippen LogP contribution < -0.4 is 0 Å². The van der Waals surface area contributed by atoms with Crippen LogP contribution in [0.1, 0.15) is 42.9 Å². The molecule has 1 aromatic heterocycles. The van der Waals surface area contributed by atoms with Crippen molar-refractivity contribution in [3.05, 3.63) is 47.0 Å². The van der Waals surface area contributed by atoms with Crippen molar-refractivity contribution in [3.8, 4) is 0 Å². The maximum atomic E-state index is 6.19. The zero-order chi connectivity index (χ0) is 16.2. The van der Waals surface area contributed by atoms with Crippen LogP contribution in [0.25, 0.3) is 21.9 Å². The highest BCUT2D eigenvalue weighted by Gasteiger charge is 2.56. The van der Waals surface area contributed by atoms with Crippen LogP contribution in [0.5, 0.6) is 0 Å². The van der Waals surface area contributed by atoms with Crippen LogP contribution in [0.2, 0.25) is 0 Å². The quantitative estimate of drug-likeness (QED) is 0.660. The van der Waals surface area contributed by atoms with Crippen LogP contribution in [0.15, 0.2) is 39.7 Å². The smallest absolute Gasteiger partial charge is 0.136 e. The summed E-state index contributed by atoms with van der Waals surface area (Å²) in [6, 6.07) is 11.1. The molecule has 3 aliphatic rings. The zero-order valence-electron chi connectivity index (χ0n) is 14.1. The number of furan rings is 1. The second-order valence-corrected chi connectivity index (χ2v) is 8.04. The van der Waals surface area contributed by atoms with Crippen molar-refractivity contribution in [3.63, 3.8) is 0 Å². The van der Waals surface area contributed by atoms with Gasteiger partial charge in [-0.2, -0.15) is 0 Å². The van der Waals surface area contributed by atoms with E-state index in [4.69, 9.17) is 14.1 Å². The van der Waals surface area contributed by atoms with Gasteiger partial charge in [0, 0.05) is 35.1 Å². The highest BCUT2D eigenvalue weighted by molar-refractivity contribution is 6.22. The van der Waals surface area contributed by atoms with E-state index in [-0.39, 0.29) is 11.5 Å². The van der Waals surface area contributed by atoms with Crippen molar-refractivity contribution in [1.82, 2.24) is 0 Å². The molecule has 0 radical (unpaired) electrons. The van der Waals surface area contributed by atoms with E-state index in [1.807, 2.05) is 0 Å². The summed E-state index contributed by atoms with van der Waals surface area (Å²) in [5, 5.41) is 2.55. The van der Waals surface area contributed by atoms with E-state index >= 15 is 0 Å². The molecule has 1 aliphatic heterocycles. The number of nitrogens with zero attached hydrogens (tertiary/aromatic N) is 1. The maximum absolute atomic E-state index is 6.19. The molecule has 1 fully saturated rings. The lowest BCUT2D eigenvalue weighted by Crippen LogP contribution is -2.23. The number of rotatable bonds is 1. The number of fused-ring (bicyclic) bond motifs is 2. The van der Waals surface area contributed by atoms with Crippen LogP contribution in [0, 0.1) is 0 Å². The van der Waals surface area contributed by atoms with Gasteiger partial charge in [-0.3, -0.25) is 4.99 Å². The average molecular weight is 317 g/mol. The molecule has 6 rings (SSSR count). The summed E-state index contributed by atoms with van der Waals surface area (Å²) in [5.41, 5.74) is 7.35. The lowest BCUT2D eigenvalue weighted by Gasteiger charge is -2.26. The monoisotopic (exact) mass is 317 g/mol. The van der Waals surface area contributed by atoms with Crippen LogP contribution >= 0.6 is 0 Å². The third-order valence-electron chi connectivity index (χ3n) is 6.18. The predicted octanol–water partition coefficient (Wildman–Crippen LogP) is 4.55. The Morgan fingerprint density at radius 3 is 2.79 bits per heavy atom. The Kier molecular flexibility index (Phi) is 2.15. The minimum Gasteiger partial charge on any atom is -0.456 e. The van der Waals surface area contributed by atoms with Gasteiger partial charge in [-0.15, -0.1) is 0 Å². The standard InChI is InChI=1S/C21H19NO2/c1-21(2)9-12-15-10(16-19(22-12)20(16)23-3)7-8-14-18(15)17-11(21)5-4-6-13(17)24-14/h4-8,16,19-20H,9H2,1-3H3. The molecule has 120 valence electrons. The molecule has 2 heterocycles. The van der Waals surface area contributed by atoms with Gasteiger partial charge in [-0.05, 0) is 35.1 Å². The molecule has 3 unspecified atom stereocenters. The summed E-state index contributed by atoms with van der Waals surface area (Å²) >= 11 is 0. The molecular weight excluding hydrogens is 298 g/mol. The Labute approximate surface area is 140 Å². The molecule has 3 aromatic rings. The van der Waals surface area contributed by atoms with Crippen molar-refractivity contribution >= 4 is 27.7 Å². The van der Waals surface area contributed by atoms with Crippen molar-refractivity contribution in [2.45, 2.75) is 43.7 Å². The zero-order valence-corrected chi connectivity index (χ0v) is 14.1. The molecule has 3 heteroatoms. The molecule has 3 nitrogen and oxygen atoms in total. The van der Waals surface area contributed by atoms with E-state index in [1.165, 1.54) is 33.2 Å². The Balaban J connectivity index is 1.82. The molecule has 0 saturated heterocycles. The molecule has 0 spiro atoms. The summed E-state index contributed by atoms with van der Waals surface area (Å²) in [7, 11) is 1.80. The predicted molar refractivity (Wildman–Crippen MR) is 95.2 cm³/mol. The first kappa shape index (κ1) is 13.2. The highest BCUT2D eigenvalue weighted by Crippen LogP contribution is 2.55. The number of aliphatic imine (C=N–C) groups is 1. The van der Waals surface area contributed by atoms with Gasteiger partial charge in [-0.1, -0.05) is 32.0 Å². The van der Waals surface area contributed by atoms with Gasteiger partial charge >= 0.3 is 0 Å². The Hall–Kier alpha value is -2.13. The van der Waals surface area contributed by atoms with Crippen molar-refractivity contribution in [2.75, 3.05) is 7.11 Å². The lowest BCUT2D eigenvalue weighted by molar-refractivity contribution is 0.174. The number of methoxy groups -OCH3 is 1. The molecule has 0 N–H and O–H groups in total. The van der Waals surface area contributed by atoms with Gasteiger partial charge in [0.15, 0.2) is 0 Å². The van der Waals surface area contributed by atoms with Crippen molar-refractivity contribution < 1.29 is 9.15 Å². The summed E-state index contributed by atoms with van der Waals surface area (Å²) in [4.78, 5) is 5.12. The second kappa shape index (κ2) is 3.92. The molecule has 2 aromatic carbocycles. The Bertz CT molecular complexity index is 1070. The van der Waals surface area contributed by atoms with Crippen LogP contribution in [-0.2, 0) is 10.2 Å². The van der Waals surface area contributed by atoms with Crippen LogP contribution in [-0.4, -0.2) is 25.0 Å². The van der Waals surface area contributed by atoms with E-state index in [0.29, 0.717) is 12.0 Å². The summed E-state index contributed by atoms with van der Waals surface area (Å²) in [5.74, 6) is 0.413. The Morgan fingerprint density at radius 2 is 1.96 bits per heavy atom. The topological polar surface area (TPSA) is 34.7 Å². The minimum absolute atomic E-state index is 0.0374. The molecule has 0 bridgehead atoms. The van der Waals surface area contributed by atoms with Gasteiger partial charge < -0.3 is 9.15 Å². The van der Waals surface area contributed by atoms with Crippen LogP contribution in [0.4, 0.5) is 0 Å². The van der Waals surface area contributed by atoms with E-state index in [1.54, 1.807) is 7.11 Å². The minimum atomic E-state index is 0.0374. The number of ether oxygens (including phenoxy) is 1. The van der Waals surface area contributed by atoms with Crippen molar-refractivity contribution in [2.24, 2.45) is 4.99 Å². The van der Waals surface area contributed by atoms with Gasteiger partial charge in [0.1, 0.15) is 11.2 Å². The normalized spacial score (nSPS) is 28.8. The molecule has 2 aliphatic carbocycles. The van der Waals surface area contributed by atoms with Gasteiger partial charge in [0.2, 0.25) is 0 Å². The molecule has 1 saturated carbocycles. The number of hydrogen-bond donors (Lipinski definition) is 0. The first-order valence-electron chi connectivity index (χ1n) is 8.68. The van der Waals surface area contributed by atoms with E-state index < -0.39 is 0 Å². The third kappa shape index (κ3) is 1.37. The SMILES string of the molecule is COC1C2N=C3CC(C)(C)c4cccc5oc6ccc(c3c6c45)C21. The fourth-order valence-electron chi connectivity index (χ4n) is 5.04. The first-order chi connectivity index (χ1) is 11.6. The largest absolute Gasteiger partial charge is 0.456 e. The third-order valence-corrected chi connectivity index (χ3v) is 6.18. The fraction of sp³-hybridized carbons (Fsp3) is 0.381. The van der Waals surface area contributed by atoms with E-state index in [2.05, 4.69) is 44.2 Å². The molecule has 24 heavy (non-hydrogen) atoms. The maximum Gasteiger partial charge on any atom is 0.136 e. The average Bonchev–Trinajstić information content (AvgIpc) is 3.16. The second-order valence-electron chi connectivity index (χ2n) is 8.04. The summed E-state index contributed by atoms with van der Waals surface area (Å²) in [6.07, 6.45) is 1.20. The van der Waals surface area contributed by atoms with E-state index in [0.717, 1.165) is 17.6 Å².